The number of rotatable bonds is 1. The first kappa shape index (κ1) is 4.06. The van der Waals surface area contributed by atoms with E-state index in [4.69, 9.17) is 0 Å². The van der Waals surface area contributed by atoms with Gasteiger partial charge in [0, 0.05) is 0 Å². The lowest BCUT2D eigenvalue weighted by Crippen LogP contribution is -2.00. The van der Waals surface area contributed by atoms with E-state index in [1.807, 2.05) is 0 Å². The van der Waals surface area contributed by atoms with E-state index in [1.165, 1.54) is 6.92 Å². The van der Waals surface area contributed by atoms with Crippen molar-refractivity contribution >= 4 is 0 Å². The van der Waals surface area contributed by atoms with Crippen molar-refractivity contribution in [1.29, 1.82) is 0 Å². The molecule has 36 valence electrons. The van der Waals surface area contributed by atoms with Crippen LogP contribution in [0.1, 0.15) is 6.92 Å². The first-order valence-corrected chi connectivity index (χ1v) is 2.06. The summed E-state index contributed by atoms with van der Waals surface area (Å²) in [7, 11) is 0. The minimum absolute atomic E-state index is 0.0648. The first-order valence-electron chi connectivity index (χ1n) is 2.06. The van der Waals surface area contributed by atoms with Crippen molar-refractivity contribution in [2.75, 3.05) is 6.61 Å². The molecule has 0 aromatic carbocycles. The highest BCUT2D eigenvalue weighted by molar-refractivity contribution is 4.74. The molecule has 0 amide bonds. The summed E-state index contributed by atoms with van der Waals surface area (Å²) in [6, 6.07) is 0. The zero-order valence-corrected chi connectivity index (χ0v) is 3.65. The monoisotopic (exact) mass is 90.0 g/mol. The average Bonchev–Trinajstić information content (AvgIpc) is 2.06. The molecular weight excluding hydrogens is 83.0 g/mol. The summed E-state index contributed by atoms with van der Waals surface area (Å²) in [4.78, 5) is 0. The van der Waals surface area contributed by atoms with Crippen LogP contribution in [0.15, 0.2) is 0 Å². The van der Waals surface area contributed by atoms with Crippen LogP contribution in [-0.4, -0.2) is 18.9 Å². The average molecular weight is 90.1 g/mol. The molecule has 0 aromatic heterocycles. The number of hydrogen-bond acceptors (Lipinski definition) is 1. The molecule has 6 heavy (non-hydrogen) atoms. The predicted molar refractivity (Wildman–Crippen MR) is 20.3 cm³/mol. The quantitative estimate of drug-likeness (QED) is 0.433. The molecular formula is C4H7FO. The second-order valence-electron chi connectivity index (χ2n) is 1.55. The largest absolute Gasteiger partial charge is 0.370 e. The van der Waals surface area contributed by atoms with Crippen molar-refractivity contribution < 1.29 is 9.13 Å². The molecule has 0 saturated carbocycles. The highest BCUT2D eigenvalue weighted by atomic mass is 19.1. The number of hydrogen-bond donors (Lipinski definition) is 0. The second-order valence-corrected chi connectivity index (χ2v) is 1.55. The van der Waals surface area contributed by atoms with Gasteiger partial charge in [-0.15, -0.1) is 0 Å². The van der Waals surface area contributed by atoms with Gasteiger partial charge in [0.2, 0.25) is 0 Å². The summed E-state index contributed by atoms with van der Waals surface area (Å²) in [5, 5.41) is 0. The molecule has 2 atom stereocenters. The Hall–Kier alpha value is -0.110. The van der Waals surface area contributed by atoms with Crippen LogP contribution in [0.2, 0.25) is 0 Å². The topological polar surface area (TPSA) is 12.5 Å². The van der Waals surface area contributed by atoms with Gasteiger partial charge in [0.15, 0.2) is 0 Å². The third kappa shape index (κ3) is 0.684. The number of ether oxygens (including phenoxy) is 1. The van der Waals surface area contributed by atoms with E-state index in [9.17, 15) is 4.39 Å². The lowest BCUT2D eigenvalue weighted by Gasteiger charge is -1.86. The smallest absolute Gasteiger partial charge is 0.126 e. The van der Waals surface area contributed by atoms with E-state index in [0.717, 1.165) is 0 Å². The highest BCUT2D eigenvalue weighted by Crippen LogP contribution is 2.15. The normalized spacial score (nSPS) is 36.0. The second kappa shape index (κ2) is 1.19. The van der Waals surface area contributed by atoms with Gasteiger partial charge in [0.1, 0.15) is 12.3 Å². The summed E-state index contributed by atoms with van der Waals surface area (Å²) in [5.74, 6) is 0. The molecule has 1 rings (SSSR count). The minimum atomic E-state index is -0.759. The van der Waals surface area contributed by atoms with E-state index < -0.39 is 6.17 Å². The van der Waals surface area contributed by atoms with E-state index in [-0.39, 0.29) is 6.10 Å². The molecule has 0 aromatic rings. The van der Waals surface area contributed by atoms with Crippen LogP contribution in [0.4, 0.5) is 4.39 Å². The maximum atomic E-state index is 11.8. The Morgan fingerprint density at radius 3 is 2.50 bits per heavy atom. The van der Waals surface area contributed by atoms with Crippen molar-refractivity contribution in [3.05, 3.63) is 0 Å². The van der Waals surface area contributed by atoms with Crippen molar-refractivity contribution in [3.8, 4) is 0 Å². The maximum Gasteiger partial charge on any atom is 0.126 e. The SMILES string of the molecule is CC(F)C1CO1. The number of epoxide rings is 1. The van der Waals surface area contributed by atoms with Gasteiger partial charge in [0.05, 0.1) is 6.61 Å². The molecule has 0 spiro atoms. The maximum absolute atomic E-state index is 11.8. The molecule has 1 heterocycles. The summed E-state index contributed by atoms with van der Waals surface area (Å²) in [6.07, 6.45) is -0.824. The standard InChI is InChI=1S/C4H7FO/c1-3(5)4-2-6-4/h3-4H,2H2,1H3. The highest BCUT2D eigenvalue weighted by Gasteiger charge is 2.28. The molecule has 1 fully saturated rings. The van der Waals surface area contributed by atoms with E-state index in [0.29, 0.717) is 6.61 Å². The third-order valence-corrected chi connectivity index (χ3v) is 0.871. The summed E-state index contributed by atoms with van der Waals surface area (Å²) in [5.41, 5.74) is 0. The summed E-state index contributed by atoms with van der Waals surface area (Å²) < 4.78 is 16.4. The third-order valence-electron chi connectivity index (χ3n) is 0.871. The molecule has 1 saturated heterocycles. The fraction of sp³-hybridized carbons (Fsp3) is 1.00. The van der Waals surface area contributed by atoms with Gasteiger partial charge in [-0.3, -0.25) is 0 Å². The van der Waals surface area contributed by atoms with Gasteiger partial charge in [-0.05, 0) is 6.92 Å². The van der Waals surface area contributed by atoms with Crippen LogP contribution in [0.25, 0.3) is 0 Å². The molecule has 2 unspecified atom stereocenters. The van der Waals surface area contributed by atoms with Crippen molar-refractivity contribution in [2.45, 2.75) is 19.2 Å². The minimum Gasteiger partial charge on any atom is -0.370 e. The molecule has 0 bridgehead atoms. The Kier molecular flexibility index (Phi) is 0.804. The van der Waals surface area contributed by atoms with Crippen LogP contribution in [0, 0.1) is 0 Å². The molecule has 0 aliphatic carbocycles. The van der Waals surface area contributed by atoms with Crippen LogP contribution in [0.3, 0.4) is 0 Å². The summed E-state index contributed by atoms with van der Waals surface area (Å²) in [6.45, 7) is 2.13. The van der Waals surface area contributed by atoms with Crippen molar-refractivity contribution in [3.63, 3.8) is 0 Å². The van der Waals surface area contributed by atoms with Crippen LogP contribution in [-0.2, 0) is 4.74 Å². The lowest BCUT2D eigenvalue weighted by molar-refractivity contribution is 0.267. The Morgan fingerprint density at radius 2 is 2.50 bits per heavy atom. The molecule has 1 aliphatic heterocycles. The van der Waals surface area contributed by atoms with Gasteiger partial charge in [-0.2, -0.15) is 0 Å². The van der Waals surface area contributed by atoms with Crippen molar-refractivity contribution in [2.24, 2.45) is 0 Å². The van der Waals surface area contributed by atoms with Crippen LogP contribution >= 0.6 is 0 Å². The molecule has 1 aliphatic rings. The molecule has 0 N–H and O–H groups in total. The van der Waals surface area contributed by atoms with Crippen LogP contribution < -0.4 is 0 Å². The van der Waals surface area contributed by atoms with Crippen LogP contribution in [0.5, 0.6) is 0 Å². The number of alkyl halides is 1. The Balaban J connectivity index is 2.13. The molecule has 0 radical (unpaired) electrons. The zero-order valence-electron chi connectivity index (χ0n) is 3.65. The predicted octanol–water partition coefficient (Wildman–Crippen LogP) is 0.743. The van der Waals surface area contributed by atoms with Gasteiger partial charge in [-0.25, -0.2) is 4.39 Å². The first-order chi connectivity index (χ1) is 2.80. The lowest BCUT2D eigenvalue weighted by atomic mass is 10.3. The van der Waals surface area contributed by atoms with Crippen molar-refractivity contribution in [1.82, 2.24) is 0 Å². The van der Waals surface area contributed by atoms with E-state index >= 15 is 0 Å². The Bertz CT molecular complexity index is 49.5. The van der Waals surface area contributed by atoms with Gasteiger partial charge >= 0.3 is 0 Å². The fourth-order valence-corrected chi connectivity index (χ4v) is 0.321. The Morgan fingerprint density at radius 1 is 2.00 bits per heavy atom. The fourth-order valence-electron chi connectivity index (χ4n) is 0.321. The number of halogens is 1. The zero-order chi connectivity index (χ0) is 4.57. The summed E-state index contributed by atoms with van der Waals surface area (Å²) >= 11 is 0. The van der Waals surface area contributed by atoms with Gasteiger partial charge < -0.3 is 4.74 Å². The van der Waals surface area contributed by atoms with E-state index in [2.05, 4.69) is 4.74 Å². The molecule has 2 heteroatoms. The van der Waals surface area contributed by atoms with E-state index in [1.54, 1.807) is 0 Å². The van der Waals surface area contributed by atoms with Gasteiger partial charge in [-0.1, -0.05) is 0 Å². The molecule has 1 nitrogen and oxygen atoms in total. The Labute approximate surface area is 36.1 Å². The van der Waals surface area contributed by atoms with Gasteiger partial charge in [0.25, 0.3) is 0 Å².